The Balaban J connectivity index is 2.25. The number of rotatable bonds is 3. The van der Waals surface area contributed by atoms with Crippen LogP contribution in [0, 0.1) is 5.92 Å². The number of fused-ring (bicyclic) bond motifs is 1. The van der Waals surface area contributed by atoms with Crippen molar-refractivity contribution < 1.29 is 4.79 Å². The molecule has 0 saturated heterocycles. The lowest BCUT2D eigenvalue weighted by atomic mass is 9.93. The van der Waals surface area contributed by atoms with Crippen molar-refractivity contribution in [3.8, 4) is 0 Å². The second-order valence-electron chi connectivity index (χ2n) is 5.34. The summed E-state index contributed by atoms with van der Waals surface area (Å²) in [5.74, 6) is 1.05. The molecule has 1 atom stereocenters. The van der Waals surface area contributed by atoms with Crippen LogP contribution in [0.4, 0.5) is 0 Å². The van der Waals surface area contributed by atoms with E-state index in [1.165, 1.54) is 17.5 Å². The molecule has 0 aromatic heterocycles. The molecule has 0 N–H and O–H groups in total. The summed E-state index contributed by atoms with van der Waals surface area (Å²) >= 11 is 0. The van der Waals surface area contributed by atoms with Gasteiger partial charge in [0, 0.05) is 12.0 Å². The highest BCUT2D eigenvalue weighted by atomic mass is 16.1. The van der Waals surface area contributed by atoms with Crippen LogP contribution < -0.4 is 0 Å². The van der Waals surface area contributed by atoms with Crippen molar-refractivity contribution in [3.05, 3.63) is 34.9 Å². The summed E-state index contributed by atoms with van der Waals surface area (Å²) < 4.78 is 0. The van der Waals surface area contributed by atoms with Gasteiger partial charge in [0.05, 0.1) is 0 Å². The van der Waals surface area contributed by atoms with Crippen molar-refractivity contribution in [2.45, 2.75) is 52.4 Å². The van der Waals surface area contributed by atoms with Crippen molar-refractivity contribution >= 4 is 5.78 Å². The Hall–Kier alpha value is -1.11. The topological polar surface area (TPSA) is 17.1 Å². The lowest BCUT2D eigenvalue weighted by molar-refractivity contribution is 0.0982. The van der Waals surface area contributed by atoms with Gasteiger partial charge in [-0.25, -0.2) is 0 Å². The Morgan fingerprint density at radius 2 is 2.00 bits per heavy atom. The van der Waals surface area contributed by atoms with Gasteiger partial charge in [0.2, 0.25) is 0 Å². The summed E-state index contributed by atoms with van der Waals surface area (Å²) in [6, 6.07) is 6.54. The van der Waals surface area contributed by atoms with E-state index in [0.717, 1.165) is 37.7 Å². The van der Waals surface area contributed by atoms with Gasteiger partial charge in [-0.05, 0) is 48.8 Å². The molecule has 92 valence electrons. The number of aryl methyl sites for hydroxylation is 1. The molecule has 1 heteroatoms. The largest absolute Gasteiger partial charge is 0.294 e. The second-order valence-corrected chi connectivity index (χ2v) is 5.34. The maximum absolute atomic E-state index is 12.0. The molecule has 1 aliphatic carbocycles. The molecule has 0 spiro atoms. The fourth-order valence-electron chi connectivity index (χ4n) is 2.51. The second kappa shape index (κ2) is 5.48. The highest BCUT2D eigenvalue weighted by Crippen LogP contribution is 2.23. The fourth-order valence-corrected chi connectivity index (χ4v) is 2.51. The third-order valence-corrected chi connectivity index (χ3v) is 3.86. The molecule has 17 heavy (non-hydrogen) atoms. The van der Waals surface area contributed by atoms with E-state index in [2.05, 4.69) is 32.0 Å². The normalized spacial score (nSPS) is 17.4. The quantitative estimate of drug-likeness (QED) is 0.712. The minimum absolute atomic E-state index is 0.350. The van der Waals surface area contributed by atoms with Gasteiger partial charge in [0.25, 0.3) is 0 Å². The summed E-state index contributed by atoms with van der Waals surface area (Å²) in [7, 11) is 0. The number of hydrogen-bond acceptors (Lipinski definition) is 1. The number of Topliss-reactive ketones (excluding diaryl/α,β-unsaturated/α-hetero) is 1. The predicted molar refractivity (Wildman–Crippen MR) is 71.5 cm³/mol. The number of ketones is 1. The smallest absolute Gasteiger partial charge is 0.163 e. The summed E-state index contributed by atoms with van der Waals surface area (Å²) in [5, 5.41) is 0. The molecule has 0 bridgehead atoms. The van der Waals surface area contributed by atoms with Crippen molar-refractivity contribution in [2.24, 2.45) is 5.92 Å². The van der Waals surface area contributed by atoms with Gasteiger partial charge in [-0.2, -0.15) is 0 Å². The van der Waals surface area contributed by atoms with Crippen LogP contribution in [0.25, 0.3) is 0 Å². The molecule has 2 rings (SSSR count). The first kappa shape index (κ1) is 12.3. The molecule has 1 aromatic carbocycles. The zero-order chi connectivity index (χ0) is 12.3. The molecule has 0 saturated carbocycles. The number of hydrogen-bond donors (Lipinski definition) is 0. The van der Waals surface area contributed by atoms with Crippen LogP contribution in [0.3, 0.4) is 0 Å². The Labute approximate surface area is 104 Å². The third-order valence-electron chi connectivity index (χ3n) is 3.86. The highest BCUT2D eigenvalue weighted by molar-refractivity contribution is 5.98. The molecule has 0 heterocycles. The summed E-state index contributed by atoms with van der Waals surface area (Å²) in [6.45, 7) is 4.49. The van der Waals surface area contributed by atoms with Crippen LogP contribution in [0.15, 0.2) is 18.2 Å². The van der Waals surface area contributed by atoms with Gasteiger partial charge in [0.1, 0.15) is 0 Å². The molecule has 0 fully saturated rings. The molecule has 0 radical (unpaired) electrons. The minimum atomic E-state index is 0.350. The van der Waals surface area contributed by atoms with Gasteiger partial charge < -0.3 is 0 Å². The summed E-state index contributed by atoms with van der Waals surface area (Å²) in [4.78, 5) is 12.0. The van der Waals surface area contributed by atoms with Gasteiger partial charge in [0.15, 0.2) is 5.78 Å². The van der Waals surface area contributed by atoms with Gasteiger partial charge in [-0.1, -0.05) is 32.4 Å². The predicted octanol–water partition coefficient (Wildman–Crippen LogP) is 4.18. The Kier molecular flexibility index (Phi) is 3.98. The SMILES string of the molecule is CCC(C)Cc1ccc2c(c1)C(=O)CCCC2. The molecular formula is C16H22O. The standard InChI is InChI=1S/C16H22O/c1-3-12(2)10-13-8-9-14-6-4-5-7-16(17)15(14)11-13/h8-9,11-12H,3-7,10H2,1-2H3. The third kappa shape index (κ3) is 2.96. The summed E-state index contributed by atoms with van der Waals surface area (Å²) in [6.07, 6.45) is 6.31. The van der Waals surface area contributed by atoms with Crippen LogP contribution in [-0.4, -0.2) is 5.78 Å². The van der Waals surface area contributed by atoms with Crippen molar-refractivity contribution in [1.82, 2.24) is 0 Å². The van der Waals surface area contributed by atoms with E-state index in [0.29, 0.717) is 11.7 Å². The van der Waals surface area contributed by atoms with Gasteiger partial charge in [-0.3, -0.25) is 4.79 Å². The average molecular weight is 230 g/mol. The van der Waals surface area contributed by atoms with E-state index in [9.17, 15) is 4.79 Å². The zero-order valence-electron chi connectivity index (χ0n) is 11.0. The maximum atomic E-state index is 12.0. The number of carbonyl (C=O) groups excluding carboxylic acids is 1. The van der Waals surface area contributed by atoms with Crippen LogP contribution in [0.5, 0.6) is 0 Å². The van der Waals surface area contributed by atoms with E-state index >= 15 is 0 Å². The van der Waals surface area contributed by atoms with E-state index in [1.54, 1.807) is 0 Å². The van der Waals surface area contributed by atoms with Crippen molar-refractivity contribution in [3.63, 3.8) is 0 Å². The maximum Gasteiger partial charge on any atom is 0.163 e. The molecule has 1 nitrogen and oxygen atoms in total. The number of carbonyl (C=O) groups is 1. The number of benzene rings is 1. The van der Waals surface area contributed by atoms with E-state index in [1.807, 2.05) is 0 Å². The fraction of sp³-hybridized carbons (Fsp3) is 0.562. The first-order chi connectivity index (χ1) is 8.20. The first-order valence-corrected chi connectivity index (χ1v) is 6.85. The van der Waals surface area contributed by atoms with Crippen LogP contribution >= 0.6 is 0 Å². The Morgan fingerprint density at radius 3 is 2.76 bits per heavy atom. The van der Waals surface area contributed by atoms with Crippen LogP contribution in [0.1, 0.15) is 61.0 Å². The van der Waals surface area contributed by atoms with Crippen LogP contribution in [-0.2, 0) is 12.8 Å². The van der Waals surface area contributed by atoms with Gasteiger partial charge >= 0.3 is 0 Å². The average Bonchev–Trinajstić information content (AvgIpc) is 2.52. The van der Waals surface area contributed by atoms with Crippen molar-refractivity contribution in [1.29, 1.82) is 0 Å². The Morgan fingerprint density at radius 1 is 1.24 bits per heavy atom. The van der Waals surface area contributed by atoms with Crippen molar-refractivity contribution in [2.75, 3.05) is 0 Å². The molecule has 1 aromatic rings. The molecule has 0 aliphatic heterocycles. The first-order valence-electron chi connectivity index (χ1n) is 6.85. The molecule has 0 amide bonds. The lowest BCUT2D eigenvalue weighted by Crippen LogP contribution is -2.04. The van der Waals surface area contributed by atoms with E-state index in [4.69, 9.17) is 0 Å². The summed E-state index contributed by atoms with van der Waals surface area (Å²) in [5.41, 5.74) is 3.59. The van der Waals surface area contributed by atoms with Crippen LogP contribution in [0.2, 0.25) is 0 Å². The highest BCUT2D eigenvalue weighted by Gasteiger charge is 2.16. The van der Waals surface area contributed by atoms with E-state index < -0.39 is 0 Å². The molecule has 1 aliphatic rings. The van der Waals surface area contributed by atoms with Gasteiger partial charge in [-0.15, -0.1) is 0 Å². The minimum Gasteiger partial charge on any atom is -0.294 e. The Bertz CT molecular complexity index is 406. The zero-order valence-corrected chi connectivity index (χ0v) is 11.0. The van der Waals surface area contributed by atoms with E-state index in [-0.39, 0.29) is 0 Å². The molecule has 1 unspecified atom stereocenters. The monoisotopic (exact) mass is 230 g/mol. The lowest BCUT2D eigenvalue weighted by Gasteiger charge is -2.11. The molecular weight excluding hydrogens is 208 g/mol.